The Hall–Kier alpha value is -0.502. The summed E-state index contributed by atoms with van der Waals surface area (Å²) < 4.78 is 38.0. The van der Waals surface area contributed by atoms with E-state index in [9.17, 15) is 13.2 Å². The molecule has 0 saturated heterocycles. The van der Waals surface area contributed by atoms with E-state index in [1.165, 1.54) is 13.0 Å². The molecule has 0 fully saturated rings. The first-order chi connectivity index (χ1) is 7.40. The molecule has 0 saturated carbocycles. The summed E-state index contributed by atoms with van der Waals surface area (Å²) in [6, 6.07) is 4.27. The number of anilines is 1. The average Bonchev–Trinajstić information content (AvgIpc) is 2.20. The molecule has 0 N–H and O–H groups in total. The normalized spacial score (nSPS) is 10.9. The smallest absolute Gasteiger partial charge is 0.432 e. The van der Waals surface area contributed by atoms with E-state index in [4.69, 9.17) is 0 Å². The molecule has 0 aliphatic heterocycles. The Kier molecular flexibility index (Phi) is 6.25. The van der Waals surface area contributed by atoms with Gasteiger partial charge in [0.05, 0.1) is 5.56 Å². The number of alkyl halides is 3. The summed E-state index contributed by atoms with van der Waals surface area (Å²) in [6.45, 7) is 9.54. The molecule has 0 aliphatic rings. The summed E-state index contributed by atoms with van der Waals surface area (Å²) in [6.07, 6.45) is -4.31. The van der Waals surface area contributed by atoms with Crippen molar-refractivity contribution in [3.8, 4) is 0 Å². The van der Waals surface area contributed by atoms with E-state index in [1.807, 2.05) is 0 Å². The van der Waals surface area contributed by atoms with Gasteiger partial charge in [-0.1, -0.05) is 6.07 Å². The van der Waals surface area contributed by atoms with Crippen LogP contribution in [-0.2, 0) is 27.2 Å². The van der Waals surface area contributed by atoms with E-state index in [2.05, 4.69) is 13.8 Å². The molecule has 1 nitrogen and oxygen atoms in total. The summed E-state index contributed by atoms with van der Waals surface area (Å²) in [4.78, 5) is 1.68. The first kappa shape index (κ1) is 16.5. The van der Waals surface area contributed by atoms with Crippen LogP contribution < -0.4 is 4.90 Å². The van der Waals surface area contributed by atoms with Crippen molar-refractivity contribution in [2.75, 3.05) is 18.0 Å². The number of hydrogen-bond acceptors (Lipinski definition) is 1. The number of nitrogens with zero attached hydrogens (tertiary/aromatic N) is 1. The zero-order valence-corrected chi connectivity index (χ0v) is 12.5. The van der Waals surface area contributed by atoms with Crippen LogP contribution in [0.25, 0.3) is 0 Å². The van der Waals surface area contributed by atoms with Gasteiger partial charge in [-0.3, -0.25) is 0 Å². The molecular formula is C12H14F3NW. The molecule has 0 aliphatic carbocycles. The van der Waals surface area contributed by atoms with Crippen molar-refractivity contribution in [3.05, 3.63) is 43.2 Å². The second-order valence-electron chi connectivity index (χ2n) is 3.48. The third kappa shape index (κ3) is 4.02. The van der Waals surface area contributed by atoms with E-state index in [1.54, 1.807) is 11.0 Å². The summed E-state index contributed by atoms with van der Waals surface area (Å²) in [5, 5.41) is 0. The molecule has 1 aromatic carbocycles. The predicted molar refractivity (Wildman–Crippen MR) is 59.1 cm³/mol. The van der Waals surface area contributed by atoms with Crippen molar-refractivity contribution >= 4 is 5.69 Å². The van der Waals surface area contributed by atoms with Crippen molar-refractivity contribution in [1.29, 1.82) is 0 Å². The van der Waals surface area contributed by atoms with Crippen LogP contribution >= 0.6 is 0 Å². The monoisotopic (exact) mass is 413 g/mol. The van der Waals surface area contributed by atoms with Gasteiger partial charge in [-0.05, 0) is 24.6 Å². The standard InChI is InChI=1S/C12H14F3N.W/c1-4-16(5-2)10-7-6-9(3)11(8-10)12(13,14)15;/h6-8H,1-2,4-5H2,3H3;/q-2;+2. The second-order valence-corrected chi connectivity index (χ2v) is 3.48. The minimum atomic E-state index is -4.31. The number of rotatable bonds is 3. The van der Waals surface area contributed by atoms with Crippen LogP contribution in [0.1, 0.15) is 11.1 Å². The van der Waals surface area contributed by atoms with Gasteiger partial charge in [0.2, 0.25) is 0 Å². The van der Waals surface area contributed by atoms with Gasteiger partial charge in [-0.2, -0.15) is 13.2 Å². The van der Waals surface area contributed by atoms with Crippen molar-refractivity contribution in [1.82, 2.24) is 0 Å². The second kappa shape index (κ2) is 6.44. The number of aryl methyl sites for hydroxylation is 1. The van der Waals surface area contributed by atoms with Gasteiger partial charge in [0, 0.05) is 5.69 Å². The molecule has 0 heterocycles. The van der Waals surface area contributed by atoms with E-state index in [-0.39, 0.29) is 26.6 Å². The maximum Gasteiger partial charge on any atom is 2.00 e. The van der Waals surface area contributed by atoms with Crippen LogP contribution in [0.5, 0.6) is 0 Å². The maximum absolute atomic E-state index is 12.7. The van der Waals surface area contributed by atoms with E-state index < -0.39 is 11.7 Å². The van der Waals surface area contributed by atoms with Crippen LogP contribution in [0.4, 0.5) is 18.9 Å². The Bertz CT molecular complexity index is 359. The van der Waals surface area contributed by atoms with Crippen LogP contribution in [0.3, 0.4) is 0 Å². The quantitative estimate of drug-likeness (QED) is 0.687. The number of halogens is 3. The molecule has 0 amide bonds. The molecule has 5 heteroatoms. The predicted octanol–water partition coefficient (Wildman–Crippen LogP) is 3.49. The zero-order chi connectivity index (χ0) is 12.3. The first-order valence-electron chi connectivity index (χ1n) is 4.91. The number of benzene rings is 1. The topological polar surface area (TPSA) is 3.24 Å². The molecule has 0 spiro atoms. The van der Waals surface area contributed by atoms with E-state index in [0.29, 0.717) is 18.8 Å². The van der Waals surface area contributed by atoms with Crippen molar-refractivity contribution in [2.45, 2.75) is 13.1 Å². The van der Waals surface area contributed by atoms with Crippen molar-refractivity contribution in [2.24, 2.45) is 0 Å². The molecule has 0 unspecified atom stereocenters. The van der Waals surface area contributed by atoms with Crippen molar-refractivity contribution < 1.29 is 34.2 Å². The van der Waals surface area contributed by atoms with Gasteiger partial charge in [-0.15, -0.1) is 13.1 Å². The van der Waals surface area contributed by atoms with Crippen LogP contribution in [-0.4, -0.2) is 13.1 Å². The van der Waals surface area contributed by atoms with Crippen LogP contribution in [0, 0.1) is 20.8 Å². The fraction of sp³-hybridized carbons (Fsp3) is 0.333. The molecule has 1 rings (SSSR count). The zero-order valence-electron chi connectivity index (χ0n) is 9.55. The van der Waals surface area contributed by atoms with Crippen molar-refractivity contribution in [3.63, 3.8) is 0 Å². The summed E-state index contributed by atoms with van der Waals surface area (Å²) in [5.41, 5.74) is 0.129. The van der Waals surface area contributed by atoms with E-state index >= 15 is 0 Å². The molecule has 0 aromatic heterocycles. The van der Waals surface area contributed by atoms with Gasteiger partial charge in [0.25, 0.3) is 0 Å². The molecule has 94 valence electrons. The molecule has 17 heavy (non-hydrogen) atoms. The Labute approximate surface area is 114 Å². The number of hydrogen-bond donors (Lipinski definition) is 0. The third-order valence-corrected chi connectivity index (χ3v) is 2.43. The van der Waals surface area contributed by atoms with Gasteiger partial charge in [-0.25, -0.2) is 0 Å². The molecular weight excluding hydrogens is 399 g/mol. The minimum Gasteiger partial charge on any atom is -0.432 e. The SMILES string of the molecule is [CH2-]CN(C[CH2-])c1ccc(C)c(C(F)(F)F)c1.[W+2]. The summed E-state index contributed by atoms with van der Waals surface area (Å²) in [5.74, 6) is 0. The van der Waals surface area contributed by atoms with Gasteiger partial charge in [0.1, 0.15) is 0 Å². The van der Waals surface area contributed by atoms with Crippen LogP contribution in [0.15, 0.2) is 18.2 Å². The van der Waals surface area contributed by atoms with Crippen LogP contribution in [0.2, 0.25) is 0 Å². The Morgan fingerprint density at radius 2 is 1.71 bits per heavy atom. The van der Waals surface area contributed by atoms with Gasteiger partial charge < -0.3 is 18.7 Å². The fourth-order valence-corrected chi connectivity index (χ4v) is 1.48. The third-order valence-electron chi connectivity index (χ3n) is 2.43. The first-order valence-corrected chi connectivity index (χ1v) is 4.91. The van der Waals surface area contributed by atoms with Gasteiger partial charge in [0.15, 0.2) is 0 Å². The minimum absolute atomic E-state index is 0. The average molecular weight is 413 g/mol. The maximum atomic E-state index is 12.7. The fourth-order valence-electron chi connectivity index (χ4n) is 1.48. The summed E-state index contributed by atoms with van der Waals surface area (Å²) in [7, 11) is 0. The molecule has 0 radical (unpaired) electrons. The summed E-state index contributed by atoms with van der Waals surface area (Å²) >= 11 is 0. The Morgan fingerprint density at radius 1 is 1.18 bits per heavy atom. The Balaban J connectivity index is 0.00000256. The largest absolute Gasteiger partial charge is 2.00 e. The molecule has 0 atom stereocenters. The molecule has 0 bridgehead atoms. The van der Waals surface area contributed by atoms with E-state index in [0.717, 1.165) is 6.07 Å². The molecule has 1 aromatic rings. The van der Waals surface area contributed by atoms with Gasteiger partial charge >= 0.3 is 27.2 Å². The Morgan fingerprint density at radius 3 is 2.12 bits per heavy atom.